The van der Waals surface area contributed by atoms with E-state index in [0.717, 1.165) is 60.9 Å². The summed E-state index contributed by atoms with van der Waals surface area (Å²) in [6.45, 7) is 3.78. The Balaban J connectivity index is 1.55. The van der Waals surface area contributed by atoms with Crippen molar-refractivity contribution in [2.45, 2.75) is 32.3 Å². The SMILES string of the molecule is CCc1nc(N2CCC(C(O)c3nccn3C)CC2)c2cnn(C)c2n1. The van der Waals surface area contributed by atoms with Gasteiger partial charge in [0, 0.05) is 46.0 Å². The van der Waals surface area contributed by atoms with Crippen LogP contribution in [0.15, 0.2) is 18.6 Å². The van der Waals surface area contributed by atoms with Crippen LogP contribution in [0.1, 0.15) is 37.5 Å². The van der Waals surface area contributed by atoms with Crippen LogP contribution in [0.3, 0.4) is 0 Å². The van der Waals surface area contributed by atoms with Gasteiger partial charge in [-0.1, -0.05) is 6.92 Å². The summed E-state index contributed by atoms with van der Waals surface area (Å²) in [5.74, 6) is 2.76. The third kappa shape index (κ3) is 2.84. The summed E-state index contributed by atoms with van der Waals surface area (Å²) in [6, 6.07) is 0. The highest BCUT2D eigenvalue weighted by Crippen LogP contribution is 2.33. The van der Waals surface area contributed by atoms with E-state index in [1.807, 2.05) is 31.1 Å². The lowest BCUT2D eigenvalue weighted by molar-refractivity contribution is 0.0824. The number of fused-ring (bicyclic) bond motifs is 1. The molecule has 1 aliphatic heterocycles. The summed E-state index contributed by atoms with van der Waals surface area (Å²) in [5.41, 5.74) is 0.877. The highest BCUT2D eigenvalue weighted by atomic mass is 16.3. The molecular formula is C18H25N7O. The number of hydrogen-bond acceptors (Lipinski definition) is 6. The Labute approximate surface area is 152 Å². The van der Waals surface area contributed by atoms with Crippen molar-refractivity contribution in [1.29, 1.82) is 0 Å². The maximum Gasteiger partial charge on any atom is 0.163 e. The number of aromatic nitrogens is 6. The second-order valence-electron chi connectivity index (χ2n) is 6.99. The summed E-state index contributed by atoms with van der Waals surface area (Å²) >= 11 is 0. The van der Waals surface area contributed by atoms with Crippen molar-refractivity contribution in [2.24, 2.45) is 20.0 Å². The molecule has 1 atom stereocenters. The number of rotatable bonds is 4. The van der Waals surface area contributed by atoms with Crippen molar-refractivity contribution in [1.82, 2.24) is 29.3 Å². The minimum atomic E-state index is -0.521. The van der Waals surface area contributed by atoms with E-state index in [1.54, 1.807) is 10.9 Å². The fraction of sp³-hybridized carbons (Fsp3) is 0.556. The Bertz CT molecular complexity index is 908. The molecule has 4 heterocycles. The summed E-state index contributed by atoms with van der Waals surface area (Å²) in [4.78, 5) is 16.0. The third-order valence-electron chi connectivity index (χ3n) is 5.34. The van der Waals surface area contributed by atoms with Crippen LogP contribution in [0.25, 0.3) is 11.0 Å². The maximum atomic E-state index is 10.7. The summed E-state index contributed by atoms with van der Waals surface area (Å²) < 4.78 is 3.70. The molecule has 4 rings (SSSR count). The molecule has 138 valence electrons. The van der Waals surface area contributed by atoms with Crippen LogP contribution in [0, 0.1) is 5.92 Å². The predicted molar refractivity (Wildman–Crippen MR) is 98.8 cm³/mol. The van der Waals surface area contributed by atoms with Crippen LogP contribution in [0.4, 0.5) is 5.82 Å². The minimum Gasteiger partial charge on any atom is -0.385 e. The summed E-state index contributed by atoms with van der Waals surface area (Å²) in [7, 11) is 3.83. The topological polar surface area (TPSA) is 84.9 Å². The van der Waals surface area contributed by atoms with Gasteiger partial charge in [-0.15, -0.1) is 0 Å². The average Bonchev–Trinajstić information content (AvgIpc) is 3.26. The van der Waals surface area contributed by atoms with E-state index in [2.05, 4.69) is 26.9 Å². The molecule has 0 radical (unpaired) electrons. The van der Waals surface area contributed by atoms with E-state index >= 15 is 0 Å². The van der Waals surface area contributed by atoms with Crippen LogP contribution in [-0.2, 0) is 20.5 Å². The zero-order valence-corrected chi connectivity index (χ0v) is 15.5. The lowest BCUT2D eigenvalue weighted by atomic mass is 9.90. The van der Waals surface area contributed by atoms with Crippen LogP contribution < -0.4 is 4.90 Å². The van der Waals surface area contributed by atoms with Crippen LogP contribution in [0.2, 0.25) is 0 Å². The van der Waals surface area contributed by atoms with Gasteiger partial charge in [0.05, 0.1) is 11.6 Å². The highest BCUT2D eigenvalue weighted by Gasteiger charge is 2.30. The molecule has 1 aliphatic rings. The molecular weight excluding hydrogens is 330 g/mol. The van der Waals surface area contributed by atoms with Gasteiger partial charge in [0.1, 0.15) is 23.6 Å². The Kier molecular flexibility index (Phi) is 4.36. The zero-order valence-electron chi connectivity index (χ0n) is 15.5. The number of piperidine rings is 1. The van der Waals surface area contributed by atoms with Crippen LogP contribution >= 0.6 is 0 Å². The van der Waals surface area contributed by atoms with Crippen molar-refractivity contribution < 1.29 is 5.11 Å². The van der Waals surface area contributed by atoms with E-state index in [0.29, 0.717) is 0 Å². The molecule has 3 aromatic rings. The number of aliphatic hydroxyl groups is 1. The molecule has 26 heavy (non-hydrogen) atoms. The first kappa shape index (κ1) is 17.0. The van der Waals surface area contributed by atoms with E-state index in [4.69, 9.17) is 4.98 Å². The number of imidazole rings is 1. The fourth-order valence-corrected chi connectivity index (χ4v) is 3.75. The van der Waals surface area contributed by atoms with E-state index in [9.17, 15) is 5.11 Å². The molecule has 1 fully saturated rings. The molecule has 0 aromatic carbocycles. The van der Waals surface area contributed by atoms with E-state index in [-0.39, 0.29) is 5.92 Å². The second kappa shape index (κ2) is 6.68. The molecule has 3 aromatic heterocycles. The van der Waals surface area contributed by atoms with Crippen molar-refractivity contribution in [2.75, 3.05) is 18.0 Å². The van der Waals surface area contributed by atoms with Crippen molar-refractivity contribution in [3.05, 3.63) is 30.2 Å². The molecule has 0 spiro atoms. The fourth-order valence-electron chi connectivity index (χ4n) is 3.75. The molecule has 1 unspecified atom stereocenters. The van der Waals surface area contributed by atoms with Crippen LogP contribution in [-0.4, -0.2) is 47.5 Å². The zero-order chi connectivity index (χ0) is 18.3. The van der Waals surface area contributed by atoms with E-state index < -0.39 is 6.10 Å². The molecule has 0 amide bonds. The molecule has 8 heteroatoms. The first-order valence-corrected chi connectivity index (χ1v) is 9.17. The average molecular weight is 355 g/mol. The van der Waals surface area contributed by atoms with E-state index in [1.165, 1.54) is 0 Å². The standard InChI is InChI=1S/C18H25N7O/c1-4-14-21-16-13(11-20-24(16)3)17(22-14)25-8-5-12(6-9-25)15(26)18-19-7-10-23(18)2/h7,10-12,15,26H,4-6,8-9H2,1-3H3. The number of aliphatic hydroxyl groups excluding tert-OH is 1. The molecule has 1 saturated heterocycles. The van der Waals surface area contributed by atoms with Gasteiger partial charge in [0.15, 0.2) is 5.65 Å². The smallest absolute Gasteiger partial charge is 0.163 e. The Hall–Kier alpha value is -2.48. The van der Waals surface area contributed by atoms with Crippen molar-refractivity contribution in [3.63, 3.8) is 0 Å². The Morgan fingerprint density at radius 3 is 2.65 bits per heavy atom. The summed E-state index contributed by atoms with van der Waals surface area (Å²) in [5, 5.41) is 16.0. The molecule has 1 N–H and O–H groups in total. The minimum absolute atomic E-state index is 0.212. The summed E-state index contributed by atoms with van der Waals surface area (Å²) in [6.07, 6.45) is 7.54. The maximum absolute atomic E-state index is 10.7. The van der Waals surface area contributed by atoms with Gasteiger partial charge in [-0.3, -0.25) is 4.68 Å². The first-order chi connectivity index (χ1) is 12.6. The molecule has 0 aliphatic carbocycles. The monoisotopic (exact) mass is 355 g/mol. The predicted octanol–water partition coefficient (Wildman–Crippen LogP) is 1.61. The Morgan fingerprint density at radius 1 is 1.23 bits per heavy atom. The van der Waals surface area contributed by atoms with Gasteiger partial charge in [-0.05, 0) is 18.8 Å². The molecule has 0 saturated carbocycles. The van der Waals surface area contributed by atoms with Gasteiger partial charge in [-0.25, -0.2) is 15.0 Å². The van der Waals surface area contributed by atoms with Gasteiger partial charge in [0.25, 0.3) is 0 Å². The van der Waals surface area contributed by atoms with Crippen LogP contribution in [0.5, 0.6) is 0 Å². The third-order valence-corrected chi connectivity index (χ3v) is 5.34. The van der Waals surface area contributed by atoms with Crippen molar-refractivity contribution in [3.8, 4) is 0 Å². The van der Waals surface area contributed by atoms with Gasteiger partial charge in [0.2, 0.25) is 0 Å². The van der Waals surface area contributed by atoms with Gasteiger partial charge < -0.3 is 14.6 Å². The highest BCUT2D eigenvalue weighted by molar-refractivity contribution is 5.87. The largest absolute Gasteiger partial charge is 0.385 e. The van der Waals surface area contributed by atoms with Gasteiger partial charge in [-0.2, -0.15) is 5.10 Å². The first-order valence-electron chi connectivity index (χ1n) is 9.17. The number of hydrogen-bond donors (Lipinski definition) is 1. The molecule has 0 bridgehead atoms. The van der Waals surface area contributed by atoms with Gasteiger partial charge >= 0.3 is 0 Å². The number of aryl methyl sites for hydroxylation is 3. The Morgan fingerprint density at radius 2 is 2.00 bits per heavy atom. The normalized spacial score (nSPS) is 17.2. The quantitative estimate of drug-likeness (QED) is 0.765. The lowest BCUT2D eigenvalue weighted by Crippen LogP contribution is -2.36. The van der Waals surface area contributed by atoms with Crippen molar-refractivity contribution >= 4 is 16.9 Å². The second-order valence-corrected chi connectivity index (χ2v) is 6.99. The molecule has 8 nitrogen and oxygen atoms in total. The number of anilines is 1. The number of nitrogens with zero attached hydrogens (tertiary/aromatic N) is 7. The lowest BCUT2D eigenvalue weighted by Gasteiger charge is -2.35.